The number of benzene rings is 10. The van der Waals surface area contributed by atoms with Crippen LogP contribution in [-0.4, -0.2) is 15.0 Å². The molecule has 13 rings (SSSR count). The van der Waals surface area contributed by atoms with Crippen LogP contribution in [0.3, 0.4) is 0 Å². The number of hydrogen-bond acceptors (Lipinski definition) is 5. The molecule has 0 spiro atoms. The smallest absolute Gasteiger partial charge is 0.165 e. The number of thiophene rings is 1. The summed E-state index contributed by atoms with van der Waals surface area (Å²) in [6, 6.07) is 75.1. The molecule has 0 aliphatic carbocycles. The topological polar surface area (TPSA) is 51.8 Å². The van der Waals surface area contributed by atoms with Gasteiger partial charge in [-0.1, -0.05) is 188 Å². The number of furan rings is 1. The Labute approximate surface area is 372 Å². The molecule has 0 saturated carbocycles. The van der Waals surface area contributed by atoms with E-state index in [1.165, 1.54) is 47.6 Å². The standard InChI is InChI=1S/C59H35N3OS/c1-2-13-40(14-3-1)57-60-58(41-30-26-37(27-31-41)36-24-28-39(29-25-36)47-21-11-22-49-48-19-8-9-23-53(48)64-56(47)49)62-59(61-57)55-46-18-7-5-15-42(46)35-52-54(55)50-34-43(32-33-51(50)63-52)45-20-10-16-38-12-4-6-17-44(38)45/h1-35H. The molecule has 0 saturated heterocycles. The lowest BCUT2D eigenvalue weighted by atomic mass is 9.94. The zero-order valence-corrected chi connectivity index (χ0v) is 35.2. The molecule has 298 valence electrons. The van der Waals surface area contributed by atoms with Crippen molar-refractivity contribution >= 4 is 75.0 Å². The van der Waals surface area contributed by atoms with Crippen LogP contribution in [0, 0.1) is 0 Å². The molecular weight excluding hydrogens is 799 g/mol. The maximum absolute atomic E-state index is 6.68. The van der Waals surface area contributed by atoms with E-state index in [9.17, 15) is 0 Å². The summed E-state index contributed by atoms with van der Waals surface area (Å²) in [4.78, 5) is 15.7. The highest BCUT2D eigenvalue weighted by atomic mass is 32.1. The number of rotatable bonds is 6. The molecule has 0 aliphatic rings. The average molecular weight is 834 g/mol. The van der Waals surface area contributed by atoms with E-state index in [4.69, 9.17) is 19.4 Å². The Hall–Kier alpha value is -8.25. The van der Waals surface area contributed by atoms with Crippen molar-refractivity contribution in [1.29, 1.82) is 0 Å². The van der Waals surface area contributed by atoms with Crippen LogP contribution in [0.4, 0.5) is 0 Å². The first kappa shape index (κ1) is 36.4. The lowest BCUT2D eigenvalue weighted by Crippen LogP contribution is -2.01. The van der Waals surface area contributed by atoms with Crippen molar-refractivity contribution in [2.45, 2.75) is 0 Å². The Bertz CT molecular complexity index is 3940. The highest BCUT2D eigenvalue weighted by molar-refractivity contribution is 7.26. The Balaban J connectivity index is 0.938. The van der Waals surface area contributed by atoms with E-state index in [0.29, 0.717) is 17.5 Å². The van der Waals surface area contributed by atoms with Gasteiger partial charge in [0.05, 0.1) is 0 Å². The molecule has 3 heterocycles. The van der Waals surface area contributed by atoms with Crippen molar-refractivity contribution in [3.63, 3.8) is 0 Å². The van der Waals surface area contributed by atoms with Gasteiger partial charge < -0.3 is 4.42 Å². The van der Waals surface area contributed by atoms with E-state index in [1.807, 2.05) is 29.5 Å². The summed E-state index contributed by atoms with van der Waals surface area (Å²) in [6.07, 6.45) is 0. The predicted molar refractivity (Wildman–Crippen MR) is 268 cm³/mol. The Morgan fingerprint density at radius 2 is 0.891 bits per heavy atom. The van der Waals surface area contributed by atoms with E-state index in [0.717, 1.165) is 66.1 Å². The molecule has 0 atom stereocenters. The second kappa shape index (κ2) is 14.7. The third kappa shape index (κ3) is 6.01. The number of fused-ring (bicyclic) bond motifs is 8. The van der Waals surface area contributed by atoms with Gasteiger partial charge in [0.2, 0.25) is 0 Å². The molecule has 0 radical (unpaired) electrons. The fourth-order valence-electron chi connectivity index (χ4n) is 9.44. The molecular formula is C59H35N3OS. The van der Waals surface area contributed by atoms with Crippen molar-refractivity contribution < 1.29 is 4.42 Å². The van der Waals surface area contributed by atoms with E-state index < -0.39 is 0 Å². The normalized spacial score (nSPS) is 11.8. The lowest BCUT2D eigenvalue weighted by Gasteiger charge is -2.12. The minimum absolute atomic E-state index is 0.595. The number of hydrogen-bond donors (Lipinski definition) is 0. The molecule has 0 fully saturated rings. The first-order valence-corrected chi connectivity index (χ1v) is 22.3. The molecule has 0 aliphatic heterocycles. The first-order valence-electron chi connectivity index (χ1n) is 21.5. The summed E-state index contributed by atoms with van der Waals surface area (Å²) < 4.78 is 9.32. The average Bonchev–Trinajstić information content (AvgIpc) is 3.93. The van der Waals surface area contributed by atoms with Gasteiger partial charge in [-0.05, 0) is 79.2 Å². The quantitative estimate of drug-likeness (QED) is 0.167. The Morgan fingerprint density at radius 1 is 0.328 bits per heavy atom. The number of nitrogens with zero attached hydrogens (tertiary/aromatic N) is 3. The van der Waals surface area contributed by atoms with Crippen molar-refractivity contribution in [2.24, 2.45) is 0 Å². The highest BCUT2D eigenvalue weighted by Gasteiger charge is 2.22. The second-order valence-electron chi connectivity index (χ2n) is 16.3. The van der Waals surface area contributed by atoms with Crippen LogP contribution in [0.1, 0.15) is 0 Å². The Kier molecular flexibility index (Phi) is 8.36. The van der Waals surface area contributed by atoms with Gasteiger partial charge in [0, 0.05) is 47.6 Å². The highest BCUT2D eigenvalue weighted by Crippen LogP contribution is 2.44. The van der Waals surface area contributed by atoms with Crippen LogP contribution >= 0.6 is 11.3 Å². The minimum atomic E-state index is 0.595. The van der Waals surface area contributed by atoms with Gasteiger partial charge in [0.15, 0.2) is 17.5 Å². The molecule has 4 nitrogen and oxygen atoms in total. The van der Waals surface area contributed by atoms with Crippen LogP contribution in [0.25, 0.3) is 131 Å². The van der Waals surface area contributed by atoms with Crippen molar-refractivity contribution in [3.8, 4) is 67.5 Å². The molecule has 3 aromatic heterocycles. The van der Waals surface area contributed by atoms with Gasteiger partial charge in [-0.15, -0.1) is 11.3 Å². The third-order valence-electron chi connectivity index (χ3n) is 12.6. The van der Waals surface area contributed by atoms with Gasteiger partial charge >= 0.3 is 0 Å². The summed E-state index contributed by atoms with van der Waals surface area (Å²) in [7, 11) is 0. The van der Waals surface area contributed by atoms with Crippen molar-refractivity contribution in [3.05, 3.63) is 212 Å². The number of aromatic nitrogens is 3. The molecule has 5 heteroatoms. The summed E-state index contributed by atoms with van der Waals surface area (Å²) in [6.45, 7) is 0. The maximum Gasteiger partial charge on any atom is 0.165 e. The van der Waals surface area contributed by atoms with E-state index in [-0.39, 0.29) is 0 Å². The summed E-state index contributed by atoms with van der Waals surface area (Å²) in [5, 5.41) is 9.13. The monoisotopic (exact) mass is 833 g/mol. The third-order valence-corrected chi connectivity index (χ3v) is 13.8. The zero-order chi connectivity index (χ0) is 42.1. The molecule has 10 aromatic carbocycles. The SMILES string of the molecule is c1ccc(-c2nc(-c3ccc(-c4ccc(-c5cccc6c5sc5ccccc56)cc4)cc3)nc(-c3c4ccccc4cc4oc5ccc(-c6cccc7ccccc67)cc5c34)n2)cc1. The van der Waals surface area contributed by atoms with Crippen LogP contribution in [-0.2, 0) is 0 Å². The van der Waals surface area contributed by atoms with Gasteiger partial charge in [-0.2, -0.15) is 0 Å². The Morgan fingerprint density at radius 3 is 1.69 bits per heavy atom. The van der Waals surface area contributed by atoms with E-state index in [2.05, 4.69) is 194 Å². The van der Waals surface area contributed by atoms with Crippen LogP contribution in [0.15, 0.2) is 217 Å². The molecule has 0 bridgehead atoms. The molecule has 0 amide bonds. The second-order valence-corrected chi connectivity index (χ2v) is 17.3. The van der Waals surface area contributed by atoms with E-state index in [1.54, 1.807) is 0 Å². The van der Waals surface area contributed by atoms with Gasteiger partial charge in [0.25, 0.3) is 0 Å². The maximum atomic E-state index is 6.68. The minimum Gasteiger partial charge on any atom is -0.456 e. The van der Waals surface area contributed by atoms with Crippen LogP contribution in [0.5, 0.6) is 0 Å². The molecule has 13 aromatic rings. The van der Waals surface area contributed by atoms with Gasteiger partial charge in [-0.25, -0.2) is 15.0 Å². The van der Waals surface area contributed by atoms with Gasteiger partial charge in [-0.3, -0.25) is 0 Å². The summed E-state index contributed by atoms with van der Waals surface area (Å²) >= 11 is 1.86. The van der Waals surface area contributed by atoms with Crippen LogP contribution in [0.2, 0.25) is 0 Å². The fraction of sp³-hybridized carbons (Fsp3) is 0. The molecule has 64 heavy (non-hydrogen) atoms. The lowest BCUT2D eigenvalue weighted by molar-refractivity contribution is 0.669. The largest absolute Gasteiger partial charge is 0.456 e. The molecule has 0 unspecified atom stereocenters. The fourth-order valence-corrected chi connectivity index (χ4v) is 10.7. The molecule has 0 N–H and O–H groups in total. The van der Waals surface area contributed by atoms with Crippen molar-refractivity contribution in [2.75, 3.05) is 0 Å². The summed E-state index contributed by atoms with van der Waals surface area (Å²) in [5.41, 5.74) is 11.4. The van der Waals surface area contributed by atoms with E-state index >= 15 is 0 Å². The predicted octanol–water partition coefficient (Wildman–Crippen LogP) is 16.4. The van der Waals surface area contributed by atoms with Crippen molar-refractivity contribution in [1.82, 2.24) is 15.0 Å². The van der Waals surface area contributed by atoms with Crippen LogP contribution < -0.4 is 0 Å². The summed E-state index contributed by atoms with van der Waals surface area (Å²) in [5.74, 6) is 1.81. The first-order chi connectivity index (χ1) is 31.7. The zero-order valence-electron chi connectivity index (χ0n) is 34.4. The van der Waals surface area contributed by atoms with Gasteiger partial charge in [0.1, 0.15) is 11.2 Å².